The summed E-state index contributed by atoms with van der Waals surface area (Å²) in [6.45, 7) is 4.37. The Morgan fingerprint density at radius 1 is 1.27 bits per heavy atom. The predicted octanol–water partition coefficient (Wildman–Crippen LogP) is 3.07. The summed E-state index contributed by atoms with van der Waals surface area (Å²) in [6, 6.07) is 5.51. The number of fused-ring (bicyclic) bond motifs is 1. The number of carbonyl (C=O) groups is 2. The first-order chi connectivity index (χ1) is 10.7. The molecular formula is C17H23NO4. The zero-order valence-corrected chi connectivity index (χ0v) is 13.2. The monoisotopic (exact) mass is 305 g/mol. The van der Waals surface area contributed by atoms with Crippen LogP contribution in [0, 0.1) is 0 Å². The van der Waals surface area contributed by atoms with Gasteiger partial charge >= 0.3 is 5.97 Å². The molecule has 2 rings (SSSR count). The lowest BCUT2D eigenvalue weighted by Gasteiger charge is -2.23. The highest BCUT2D eigenvalue weighted by atomic mass is 16.6. The van der Waals surface area contributed by atoms with E-state index in [2.05, 4.69) is 5.32 Å². The summed E-state index contributed by atoms with van der Waals surface area (Å²) in [5.74, 6) is 0.350. The maximum absolute atomic E-state index is 12.1. The molecule has 1 amide bonds. The van der Waals surface area contributed by atoms with Crippen molar-refractivity contribution < 1.29 is 19.1 Å². The maximum Gasteiger partial charge on any atom is 0.347 e. The minimum atomic E-state index is -0.597. The van der Waals surface area contributed by atoms with Crippen LogP contribution in [-0.2, 0) is 20.7 Å². The van der Waals surface area contributed by atoms with Gasteiger partial charge in [0.25, 0.3) is 0 Å². The first kappa shape index (κ1) is 16.3. The summed E-state index contributed by atoms with van der Waals surface area (Å²) in [4.78, 5) is 23.6. The molecule has 0 fully saturated rings. The highest BCUT2D eigenvalue weighted by Crippen LogP contribution is 2.32. The molecule has 1 heterocycles. The Balaban J connectivity index is 2.14. The van der Waals surface area contributed by atoms with Crippen molar-refractivity contribution >= 4 is 17.6 Å². The zero-order chi connectivity index (χ0) is 15.9. The highest BCUT2D eigenvalue weighted by molar-refractivity contribution is 5.94. The molecule has 5 heteroatoms. The van der Waals surface area contributed by atoms with Crippen LogP contribution in [0.1, 0.15) is 45.1 Å². The Morgan fingerprint density at radius 3 is 2.82 bits per heavy atom. The minimum absolute atomic E-state index is 0.0112. The molecule has 1 aromatic carbocycles. The van der Waals surface area contributed by atoms with E-state index in [1.807, 2.05) is 32.0 Å². The quantitative estimate of drug-likeness (QED) is 0.786. The Labute approximate surface area is 131 Å². The van der Waals surface area contributed by atoms with E-state index in [0.717, 1.165) is 24.1 Å². The molecule has 0 saturated carbocycles. The van der Waals surface area contributed by atoms with Gasteiger partial charge in [0.05, 0.1) is 6.61 Å². The molecule has 1 unspecified atom stereocenters. The molecule has 1 aliphatic rings. The molecule has 0 bridgehead atoms. The van der Waals surface area contributed by atoms with Crippen LogP contribution in [0.25, 0.3) is 0 Å². The van der Waals surface area contributed by atoms with Crippen LogP contribution in [-0.4, -0.2) is 24.6 Å². The molecule has 22 heavy (non-hydrogen) atoms. The largest absolute Gasteiger partial charge is 0.478 e. The van der Waals surface area contributed by atoms with Gasteiger partial charge in [-0.1, -0.05) is 26.3 Å². The van der Waals surface area contributed by atoms with Gasteiger partial charge in [-0.25, -0.2) is 4.79 Å². The number of amides is 1. The fourth-order valence-corrected chi connectivity index (χ4v) is 2.44. The van der Waals surface area contributed by atoms with Crippen molar-refractivity contribution in [2.75, 3.05) is 11.9 Å². The van der Waals surface area contributed by atoms with Gasteiger partial charge < -0.3 is 14.8 Å². The summed E-state index contributed by atoms with van der Waals surface area (Å²) in [7, 11) is 0. The molecule has 0 radical (unpaired) electrons. The molecule has 1 aliphatic heterocycles. The van der Waals surface area contributed by atoms with Crippen LogP contribution < -0.4 is 10.1 Å². The number of anilines is 1. The Kier molecular flexibility index (Phi) is 5.81. The Morgan fingerprint density at radius 2 is 2.09 bits per heavy atom. The molecule has 0 aliphatic carbocycles. The third-order valence-corrected chi connectivity index (χ3v) is 3.54. The molecule has 120 valence electrons. The fourth-order valence-electron chi connectivity index (χ4n) is 2.44. The van der Waals surface area contributed by atoms with E-state index < -0.39 is 6.10 Å². The van der Waals surface area contributed by atoms with Gasteiger partial charge in [0.2, 0.25) is 5.91 Å². The summed E-state index contributed by atoms with van der Waals surface area (Å²) in [6.07, 6.45) is 2.69. The predicted molar refractivity (Wildman–Crippen MR) is 84.0 cm³/mol. The van der Waals surface area contributed by atoms with Crippen LogP contribution in [0.5, 0.6) is 5.75 Å². The Hall–Kier alpha value is -2.04. The van der Waals surface area contributed by atoms with Gasteiger partial charge in [0, 0.05) is 17.7 Å². The van der Waals surface area contributed by atoms with E-state index in [1.165, 1.54) is 0 Å². The van der Waals surface area contributed by atoms with Gasteiger partial charge in [0.15, 0.2) is 6.10 Å². The van der Waals surface area contributed by atoms with E-state index in [1.54, 1.807) is 0 Å². The minimum Gasteiger partial charge on any atom is -0.478 e. The molecular weight excluding hydrogens is 282 g/mol. The van der Waals surface area contributed by atoms with Crippen molar-refractivity contribution in [2.24, 2.45) is 0 Å². The van der Waals surface area contributed by atoms with Crippen molar-refractivity contribution in [3.05, 3.63) is 23.8 Å². The Bertz CT molecular complexity index is 541. The second-order valence-electron chi connectivity index (χ2n) is 5.39. The van der Waals surface area contributed by atoms with Gasteiger partial charge in [0.1, 0.15) is 5.75 Å². The third kappa shape index (κ3) is 4.00. The lowest BCUT2D eigenvalue weighted by Crippen LogP contribution is -2.30. The fraction of sp³-hybridized carbons (Fsp3) is 0.529. The third-order valence-electron chi connectivity index (χ3n) is 3.54. The number of hydrogen-bond donors (Lipinski definition) is 1. The topological polar surface area (TPSA) is 64.6 Å². The average molecular weight is 305 g/mol. The van der Waals surface area contributed by atoms with E-state index in [4.69, 9.17) is 9.47 Å². The molecule has 1 N–H and O–H groups in total. The molecule has 5 nitrogen and oxygen atoms in total. The van der Waals surface area contributed by atoms with Gasteiger partial charge in [-0.15, -0.1) is 0 Å². The molecule has 1 atom stereocenters. The van der Waals surface area contributed by atoms with Crippen molar-refractivity contribution in [3.63, 3.8) is 0 Å². The number of rotatable bonds is 7. The van der Waals surface area contributed by atoms with Crippen LogP contribution in [0.2, 0.25) is 0 Å². The number of benzene rings is 1. The smallest absolute Gasteiger partial charge is 0.347 e. The summed E-state index contributed by atoms with van der Waals surface area (Å²) in [5, 5.41) is 2.83. The second kappa shape index (κ2) is 7.82. The SMILES string of the molecule is CCCOC(=O)C(CCC)Oc1cccc2c1CCC(=O)N2. The van der Waals surface area contributed by atoms with E-state index in [-0.39, 0.29) is 11.9 Å². The van der Waals surface area contributed by atoms with Crippen molar-refractivity contribution in [3.8, 4) is 5.75 Å². The number of ether oxygens (including phenoxy) is 2. The van der Waals surface area contributed by atoms with Gasteiger partial charge in [-0.2, -0.15) is 0 Å². The van der Waals surface area contributed by atoms with Crippen molar-refractivity contribution in [1.82, 2.24) is 0 Å². The lowest BCUT2D eigenvalue weighted by molar-refractivity contribution is -0.152. The highest BCUT2D eigenvalue weighted by Gasteiger charge is 2.24. The maximum atomic E-state index is 12.1. The van der Waals surface area contributed by atoms with E-state index in [9.17, 15) is 9.59 Å². The van der Waals surface area contributed by atoms with Crippen LogP contribution in [0.3, 0.4) is 0 Å². The first-order valence-corrected chi connectivity index (χ1v) is 7.90. The molecule has 0 spiro atoms. The van der Waals surface area contributed by atoms with Crippen molar-refractivity contribution in [1.29, 1.82) is 0 Å². The standard InChI is InChI=1S/C17H23NO4/c1-3-6-15(17(20)21-11-4-2)22-14-8-5-7-13-12(14)9-10-16(19)18-13/h5,7-8,15H,3-4,6,9-11H2,1-2H3,(H,18,19). The number of carbonyl (C=O) groups excluding carboxylic acids is 2. The average Bonchev–Trinajstić information content (AvgIpc) is 2.52. The molecule has 0 saturated heterocycles. The normalized spacial score (nSPS) is 14.7. The number of hydrogen-bond acceptors (Lipinski definition) is 4. The van der Waals surface area contributed by atoms with Crippen LogP contribution >= 0.6 is 0 Å². The summed E-state index contributed by atoms with van der Waals surface area (Å²) in [5.41, 5.74) is 1.72. The zero-order valence-electron chi connectivity index (χ0n) is 13.2. The summed E-state index contributed by atoms with van der Waals surface area (Å²) < 4.78 is 11.1. The first-order valence-electron chi connectivity index (χ1n) is 7.90. The molecule has 0 aromatic heterocycles. The van der Waals surface area contributed by atoms with E-state index in [0.29, 0.717) is 31.6 Å². The van der Waals surface area contributed by atoms with Crippen LogP contribution in [0.4, 0.5) is 5.69 Å². The van der Waals surface area contributed by atoms with Gasteiger partial charge in [-0.05, 0) is 31.4 Å². The van der Waals surface area contributed by atoms with E-state index >= 15 is 0 Å². The second-order valence-corrected chi connectivity index (χ2v) is 5.39. The molecule has 1 aromatic rings. The lowest BCUT2D eigenvalue weighted by atomic mass is 10.0. The van der Waals surface area contributed by atoms with Crippen molar-refractivity contribution in [2.45, 2.75) is 52.1 Å². The summed E-state index contributed by atoms with van der Waals surface area (Å²) >= 11 is 0. The number of nitrogens with one attached hydrogen (secondary N) is 1. The number of esters is 1. The van der Waals surface area contributed by atoms with Crippen LogP contribution in [0.15, 0.2) is 18.2 Å². The van der Waals surface area contributed by atoms with Gasteiger partial charge in [-0.3, -0.25) is 4.79 Å².